The minimum absolute atomic E-state index is 0.0768. The molecule has 0 aliphatic rings. The topological polar surface area (TPSA) is 84.3 Å². The maximum atomic E-state index is 11.9. The van der Waals surface area contributed by atoms with Gasteiger partial charge in [0, 0.05) is 31.1 Å². The van der Waals surface area contributed by atoms with Gasteiger partial charge < -0.3 is 10.6 Å². The quantitative estimate of drug-likeness (QED) is 0.467. The summed E-state index contributed by atoms with van der Waals surface area (Å²) in [7, 11) is 1.69. The third-order valence-corrected chi connectivity index (χ3v) is 2.93. The van der Waals surface area contributed by atoms with Crippen LogP contribution in [0.25, 0.3) is 0 Å². The van der Waals surface area contributed by atoms with Gasteiger partial charge in [0.1, 0.15) is 5.56 Å². The standard InChI is InChI=1S/C11H15N3O3S/c1-12-8-3-4-10(14(16)17)9(7-8)11(15)13-5-6-18-2/h3-4,7,12H,5-6H2,1-2H3,(H,13,15). The third-order valence-electron chi connectivity index (χ3n) is 2.32. The molecule has 7 heteroatoms. The first-order valence-corrected chi connectivity index (χ1v) is 6.73. The van der Waals surface area contributed by atoms with Crippen LogP contribution in [0.4, 0.5) is 11.4 Å². The Morgan fingerprint density at radius 2 is 2.22 bits per heavy atom. The molecule has 0 fully saturated rings. The zero-order valence-electron chi connectivity index (χ0n) is 10.2. The van der Waals surface area contributed by atoms with Crippen molar-refractivity contribution in [1.29, 1.82) is 0 Å². The molecule has 0 unspecified atom stereocenters. The fourth-order valence-electron chi connectivity index (χ4n) is 1.39. The molecule has 1 rings (SSSR count). The van der Waals surface area contributed by atoms with E-state index in [9.17, 15) is 14.9 Å². The molecule has 0 saturated carbocycles. The predicted octanol–water partition coefficient (Wildman–Crippen LogP) is 1.73. The van der Waals surface area contributed by atoms with Gasteiger partial charge in [-0.15, -0.1) is 0 Å². The Kier molecular flexibility index (Phi) is 5.44. The highest BCUT2D eigenvalue weighted by molar-refractivity contribution is 7.98. The molecule has 0 aliphatic carbocycles. The van der Waals surface area contributed by atoms with Crippen molar-refractivity contribution in [1.82, 2.24) is 5.32 Å². The highest BCUT2D eigenvalue weighted by atomic mass is 32.2. The number of thioether (sulfide) groups is 1. The van der Waals surface area contributed by atoms with E-state index in [0.717, 1.165) is 5.75 Å². The highest BCUT2D eigenvalue weighted by Gasteiger charge is 2.20. The van der Waals surface area contributed by atoms with Crippen molar-refractivity contribution in [3.63, 3.8) is 0 Å². The van der Waals surface area contributed by atoms with Gasteiger partial charge >= 0.3 is 0 Å². The van der Waals surface area contributed by atoms with Crippen LogP contribution in [0.5, 0.6) is 0 Å². The molecule has 98 valence electrons. The Morgan fingerprint density at radius 1 is 1.50 bits per heavy atom. The number of hydrogen-bond donors (Lipinski definition) is 2. The molecule has 0 atom stereocenters. The molecule has 2 N–H and O–H groups in total. The fourth-order valence-corrected chi connectivity index (χ4v) is 1.70. The molecule has 0 radical (unpaired) electrons. The van der Waals surface area contributed by atoms with Crippen molar-refractivity contribution in [2.45, 2.75) is 0 Å². The van der Waals surface area contributed by atoms with Gasteiger partial charge in [-0.3, -0.25) is 14.9 Å². The molecule has 0 heterocycles. The largest absolute Gasteiger partial charge is 0.388 e. The molecule has 0 spiro atoms. The first-order chi connectivity index (χ1) is 8.60. The molecule has 0 bridgehead atoms. The summed E-state index contributed by atoms with van der Waals surface area (Å²) in [5.74, 6) is 0.346. The summed E-state index contributed by atoms with van der Waals surface area (Å²) >= 11 is 1.60. The average Bonchev–Trinajstić information content (AvgIpc) is 2.38. The van der Waals surface area contributed by atoms with Gasteiger partial charge in [0.25, 0.3) is 11.6 Å². The van der Waals surface area contributed by atoms with Crippen molar-refractivity contribution < 1.29 is 9.72 Å². The Bertz CT molecular complexity index is 451. The summed E-state index contributed by atoms with van der Waals surface area (Å²) in [6, 6.07) is 4.37. The Labute approximate surface area is 109 Å². The zero-order chi connectivity index (χ0) is 13.5. The van der Waals surface area contributed by atoms with E-state index in [1.165, 1.54) is 12.1 Å². The monoisotopic (exact) mass is 269 g/mol. The van der Waals surface area contributed by atoms with Gasteiger partial charge in [-0.05, 0) is 18.4 Å². The number of nitrogens with zero attached hydrogens (tertiary/aromatic N) is 1. The van der Waals surface area contributed by atoms with Crippen molar-refractivity contribution >= 4 is 29.0 Å². The minimum atomic E-state index is -0.553. The fraction of sp³-hybridized carbons (Fsp3) is 0.364. The van der Waals surface area contributed by atoms with Gasteiger partial charge in [-0.2, -0.15) is 11.8 Å². The van der Waals surface area contributed by atoms with E-state index < -0.39 is 10.8 Å². The van der Waals surface area contributed by atoms with Gasteiger partial charge in [0.2, 0.25) is 0 Å². The minimum Gasteiger partial charge on any atom is -0.388 e. The molecule has 6 nitrogen and oxygen atoms in total. The lowest BCUT2D eigenvalue weighted by molar-refractivity contribution is -0.385. The number of hydrogen-bond acceptors (Lipinski definition) is 5. The summed E-state index contributed by atoms with van der Waals surface area (Å²) in [6.45, 7) is 0.487. The van der Waals surface area contributed by atoms with Crippen LogP contribution in [0.2, 0.25) is 0 Å². The first-order valence-electron chi connectivity index (χ1n) is 5.33. The van der Waals surface area contributed by atoms with Crippen LogP contribution in [0.3, 0.4) is 0 Å². The van der Waals surface area contributed by atoms with Crippen LogP contribution in [0.1, 0.15) is 10.4 Å². The van der Waals surface area contributed by atoms with Gasteiger partial charge in [-0.1, -0.05) is 0 Å². The normalized spacial score (nSPS) is 9.89. The molecule has 0 aromatic heterocycles. The SMILES string of the molecule is CNc1ccc([N+](=O)[O-])c(C(=O)NCCSC)c1. The summed E-state index contributed by atoms with van der Waals surface area (Å²) in [6.07, 6.45) is 1.93. The zero-order valence-corrected chi connectivity index (χ0v) is 11.0. The number of amides is 1. The van der Waals surface area contributed by atoms with Crippen molar-refractivity contribution in [2.75, 3.05) is 30.9 Å². The van der Waals surface area contributed by atoms with Crippen LogP contribution in [-0.4, -0.2) is 36.4 Å². The Balaban J connectivity index is 2.96. The Hall–Kier alpha value is -1.76. The summed E-state index contributed by atoms with van der Waals surface area (Å²) in [4.78, 5) is 22.2. The lowest BCUT2D eigenvalue weighted by Gasteiger charge is -2.07. The predicted molar refractivity (Wildman–Crippen MR) is 73.4 cm³/mol. The van der Waals surface area contributed by atoms with Crippen LogP contribution in [0.15, 0.2) is 18.2 Å². The van der Waals surface area contributed by atoms with Crippen LogP contribution in [0, 0.1) is 10.1 Å². The third kappa shape index (κ3) is 3.63. The van der Waals surface area contributed by atoms with E-state index in [-0.39, 0.29) is 11.3 Å². The highest BCUT2D eigenvalue weighted by Crippen LogP contribution is 2.22. The van der Waals surface area contributed by atoms with Gasteiger partial charge in [0.15, 0.2) is 0 Å². The second-order valence-corrected chi connectivity index (χ2v) is 4.47. The maximum Gasteiger partial charge on any atom is 0.282 e. The number of benzene rings is 1. The first kappa shape index (κ1) is 14.3. The van der Waals surface area contributed by atoms with Gasteiger partial charge in [-0.25, -0.2) is 0 Å². The number of nitro benzene ring substituents is 1. The number of nitrogens with one attached hydrogen (secondary N) is 2. The van der Waals surface area contributed by atoms with E-state index >= 15 is 0 Å². The van der Waals surface area contributed by atoms with E-state index in [1.807, 2.05) is 6.26 Å². The molecule has 0 saturated heterocycles. The van der Waals surface area contributed by atoms with Crippen LogP contribution >= 0.6 is 11.8 Å². The van der Waals surface area contributed by atoms with Crippen LogP contribution in [-0.2, 0) is 0 Å². The molecule has 0 aliphatic heterocycles. The van der Waals surface area contributed by atoms with E-state index in [2.05, 4.69) is 10.6 Å². The second kappa shape index (κ2) is 6.85. The number of rotatable bonds is 6. The second-order valence-electron chi connectivity index (χ2n) is 3.49. The van der Waals surface area contributed by atoms with E-state index in [0.29, 0.717) is 12.2 Å². The number of carbonyl (C=O) groups excluding carboxylic acids is 1. The van der Waals surface area contributed by atoms with Crippen molar-refractivity contribution in [2.24, 2.45) is 0 Å². The van der Waals surface area contributed by atoms with E-state index in [1.54, 1.807) is 24.9 Å². The average molecular weight is 269 g/mol. The maximum absolute atomic E-state index is 11.9. The summed E-state index contributed by atoms with van der Waals surface area (Å²) in [5.41, 5.74) is 0.555. The number of anilines is 1. The molecular weight excluding hydrogens is 254 g/mol. The van der Waals surface area contributed by atoms with Crippen molar-refractivity contribution in [3.8, 4) is 0 Å². The molecular formula is C11H15N3O3S. The summed E-state index contributed by atoms with van der Waals surface area (Å²) in [5, 5.41) is 16.4. The van der Waals surface area contributed by atoms with Crippen LogP contribution < -0.4 is 10.6 Å². The number of nitro groups is 1. The number of carbonyl (C=O) groups is 1. The lowest BCUT2D eigenvalue weighted by Crippen LogP contribution is -2.26. The molecule has 18 heavy (non-hydrogen) atoms. The Morgan fingerprint density at radius 3 is 2.78 bits per heavy atom. The molecule has 1 aromatic rings. The lowest BCUT2D eigenvalue weighted by atomic mass is 10.1. The molecule has 1 amide bonds. The summed E-state index contributed by atoms with van der Waals surface area (Å²) < 4.78 is 0. The smallest absolute Gasteiger partial charge is 0.282 e. The molecule has 1 aromatic carbocycles. The van der Waals surface area contributed by atoms with E-state index in [4.69, 9.17) is 0 Å². The van der Waals surface area contributed by atoms with Gasteiger partial charge in [0.05, 0.1) is 4.92 Å². The van der Waals surface area contributed by atoms with Crippen molar-refractivity contribution in [3.05, 3.63) is 33.9 Å².